The second-order valence-electron chi connectivity index (χ2n) is 18.4. The highest BCUT2D eigenvalue weighted by Crippen LogP contribution is 2.43. The van der Waals surface area contributed by atoms with Crippen molar-refractivity contribution in [3.63, 3.8) is 0 Å². The predicted molar refractivity (Wildman–Crippen MR) is 288 cm³/mol. The third-order valence-electron chi connectivity index (χ3n) is 11.6. The molecule has 0 rings (SSSR count). The van der Waals surface area contributed by atoms with Gasteiger partial charge in [0.2, 0.25) is 0 Å². The van der Waals surface area contributed by atoms with E-state index in [0.29, 0.717) is 25.7 Å². The first-order valence-corrected chi connectivity index (χ1v) is 29.3. The average Bonchev–Trinajstić information content (AvgIpc) is 3.35. The number of phosphoric ester groups is 1. The Balaban J connectivity index is 4.82. The minimum Gasteiger partial charge on any atom is -0.462 e. The highest BCUT2D eigenvalue weighted by molar-refractivity contribution is 7.47. The van der Waals surface area contributed by atoms with Crippen LogP contribution in [-0.4, -0.2) is 66.5 Å². The van der Waals surface area contributed by atoms with Crippen LogP contribution in [-0.2, 0) is 42.2 Å². The van der Waals surface area contributed by atoms with Crippen LogP contribution in [0.5, 0.6) is 0 Å². The topological polar surface area (TPSA) is 155 Å². The standard InChI is InChI=1S/C58H101O11P/c1-4-7-10-13-16-19-22-25-26-27-28-31-34-37-40-43-46-49-58(62)69-55(51-65-56(60)47-44-41-38-35-32-29-23-20-17-14-11-8-5-2)53-67-70(63,64)66-52-54(50-59)68-57(61)48-45-42-39-36-33-30-24-21-18-15-12-9-6-3/h7,10,16,19-20,23,25-26,28,31,37,40,54-55,59H,4-6,8-9,11-15,17-18,21-22,24,27,29-30,32-36,38-39,41-53H2,1-3H3,(H,63,64)/b10-7-,19-16-,23-20-,26-25-,31-28-,40-37-. The Labute approximate surface area is 427 Å². The number of rotatable bonds is 51. The van der Waals surface area contributed by atoms with Gasteiger partial charge < -0.3 is 24.2 Å². The van der Waals surface area contributed by atoms with E-state index in [2.05, 4.69) is 81.5 Å². The number of aliphatic hydroxyl groups excluding tert-OH is 1. The van der Waals surface area contributed by atoms with Gasteiger partial charge in [0.25, 0.3) is 0 Å². The first-order valence-electron chi connectivity index (χ1n) is 27.8. The Morgan fingerprint density at radius 3 is 1.23 bits per heavy atom. The molecule has 0 aromatic heterocycles. The van der Waals surface area contributed by atoms with Gasteiger partial charge in [-0.15, -0.1) is 0 Å². The maximum atomic E-state index is 12.9. The van der Waals surface area contributed by atoms with Crippen molar-refractivity contribution in [2.24, 2.45) is 0 Å². The molecule has 2 N–H and O–H groups in total. The summed E-state index contributed by atoms with van der Waals surface area (Å²) in [6.45, 7) is 4.44. The van der Waals surface area contributed by atoms with Gasteiger partial charge in [-0.1, -0.05) is 209 Å². The Morgan fingerprint density at radius 1 is 0.414 bits per heavy atom. The second-order valence-corrected chi connectivity index (χ2v) is 19.8. The van der Waals surface area contributed by atoms with Crippen molar-refractivity contribution in [3.05, 3.63) is 72.9 Å². The van der Waals surface area contributed by atoms with E-state index < -0.39 is 57.8 Å². The summed E-state index contributed by atoms with van der Waals surface area (Å²) in [5, 5.41) is 9.79. The molecular formula is C58H101O11P. The van der Waals surface area contributed by atoms with Crippen LogP contribution in [0, 0.1) is 0 Å². The van der Waals surface area contributed by atoms with E-state index in [9.17, 15) is 28.9 Å². The first-order chi connectivity index (χ1) is 34.2. The van der Waals surface area contributed by atoms with Crippen molar-refractivity contribution < 1.29 is 52.2 Å². The summed E-state index contributed by atoms with van der Waals surface area (Å²) < 4.78 is 39.4. The fraction of sp³-hybridized carbons (Fsp3) is 0.741. The molecule has 404 valence electrons. The zero-order chi connectivity index (χ0) is 51.3. The van der Waals surface area contributed by atoms with Gasteiger partial charge >= 0.3 is 25.7 Å². The van der Waals surface area contributed by atoms with Crippen LogP contribution in [0.25, 0.3) is 0 Å². The minimum absolute atomic E-state index is 0.0870. The first kappa shape index (κ1) is 66.9. The van der Waals surface area contributed by atoms with E-state index in [-0.39, 0.29) is 25.9 Å². The number of aliphatic hydroxyl groups is 1. The van der Waals surface area contributed by atoms with Crippen LogP contribution in [0.4, 0.5) is 0 Å². The molecule has 0 heterocycles. The number of esters is 3. The zero-order valence-electron chi connectivity index (χ0n) is 44.5. The van der Waals surface area contributed by atoms with Crippen LogP contribution in [0.3, 0.4) is 0 Å². The summed E-state index contributed by atoms with van der Waals surface area (Å²) in [6.07, 6.45) is 57.3. The lowest BCUT2D eigenvalue weighted by Gasteiger charge is -2.21. The Kier molecular flexibility index (Phi) is 50.0. The van der Waals surface area contributed by atoms with Crippen molar-refractivity contribution in [1.29, 1.82) is 0 Å². The average molecular weight is 1010 g/mol. The number of carbonyl (C=O) groups is 3. The fourth-order valence-electron chi connectivity index (χ4n) is 7.39. The molecule has 70 heavy (non-hydrogen) atoms. The molecule has 0 aromatic carbocycles. The number of hydrogen-bond donors (Lipinski definition) is 2. The number of allylic oxidation sites excluding steroid dienone is 12. The number of phosphoric acid groups is 1. The second kappa shape index (κ2) is 52.2. The lowest BCUT2D eigenvalue weighted by atomic mass is 10.0. The normalized spacial score (nSPS) is 14.0. The van der Waals surface area contributed by atoms with Crippen LogP contribution in [0.2, 0.25) is 0 Å². The zero-order valence-corrected chi connectivity index (χ0v) is 45.4. The van der Waals surface area contributed by atoms with Crippen molar-refractivity contribution in [2.75, 3.05) is 26.4 Å². The monoisotopic (exact) mass is 1000 g/mol. The van der Waals surface area contributed by atoms with Gasteiger partial charge in [-0.05, 0) is 83.5 Å². The van der Waals surface area contributed by atoms with Gasteiger partial charge in [-0.25, -0.2) is 4.57 Å². The van der Waals surface area contributed by atoms with Crippen molar-refractivity contribution >= 4 is 25.7 Å². The van der Waals surface area contributed by atoms with E-state index in [1.807, 2.05) is 12.2 Å². The SMILES string of the molecule is CC/C=C\C/C=C\C/C=C\C/C=C\C/C=C\CCCC(=O)OC(COC(=O)CCCCCCC/C=C\CCCCCC)COP(=O)(O)OCC(CO)OC(=O)CCCCCCCCCCCCCCC. The molecule has 3 unspecified atom stereocenters. The van der Waals surface area contributed by atoms with E-state index in [1.54, 1.807) is 0 Å². The third kappa shape index (κ3) is 49.9. The number of hydrogen-bond acceptors (Lipinski definition) is 10. The van der Waals surface area contributed by atoms with Crippen LogP contribution in [0.15, 0.2) is 72.9 Å². The summed E-state index contributed by atoms with van der Waals surface area (Å²) >= 11 is 0. The summed E-state index contributed by atoms with van der Waals surface area (Å²) in [7, 11) is -4.76. The maximum Gasteiger partial charge on any atom is 0.472 e. The molecule has 0 aliphatic carbocycles. The fourth-order valence-corrected chi connectivity index (χ4v) is 8.17. The summed E-state index contributed by atoms with van der Waals surface area (Å²) in [5.41, 5.74) is 0. The van der Waals surface area contributed by atoms with Gasteiger partial charge in [0, 0.05) is 19.3 Å². The molecule has 0 aliphatic heterocycles. The lowest BCUT2D eigenvalue weighted by Crippen LogP contribution is -2.30. The molecule has 0 radical (unpaired) electrons. The molecule has 0 aromatic rings. The molecule has 0 fully saturated rings. The summed E-state index contributed by atoms with van der Waals surface area (Å²) in [4.78, 5) is 48.4. The molecule has 0 saturated carbocycles. The van der Waals surface area contributed by atoms with E-state index in [0.717, 1.165) is 89.9 Å². The molecule has 0 aliphatic rings. The molecule has 0 bridgehead atoms. The Morgan fingerprint density at radius 2 is 0.757 bits per heavy atom. The molecular weight excluding hydrogens is 904 g/mol. The highest BCUT2D eigenvalue weighted by atomic mass is 31.2. The third-order valence-corrected chi connectivity index (χ3v) is 12.6. The smallest absolute Gasteiger partial charge is 0.462 e. The van der Waals surface area contributed by atoms with E-state index in [1.165, 1.54) is 83.5 Å². The van der Waals surface area contributed by atoms with Crippen molar-refractivity contribution in [2.45, 2.75) is 251 Å². The number of ether oxygens (including phenoxy) is 3. The number of unbranched alkanes of at least 4 members (excludes halogenated alkanes) is 22. The van der Waals surface area contributed by atoms with Crippen LogP contribution >= 0.6 is 7.82 Å². The molecule has 12 heteroatoms. The van der Waals surface area contributed by atoms with Gasteiger partial charge in [0.1, 0.15) is 12.7 Å². The van der Waals surface area contributed by atoms with Gasteiger partial charge in [0.15, 0.2) is 6.10 Å². The van der Waals surface area contributed by atoms with Crippen LogP contribution in [0.1, 0.15) is 239 Å². The van der Waals surface area contributed by atoms with Crippen molar-refractivity contribution in [1.82, 2.24) is 0 Å². The molecule has 0 saturated heterocycles. The summed E-state index contributed by atoms with van der Waals surface area (Å²) in [6, 6.07) is 0. The van der Waals surface area contributed by atoms with Gasteiger partial charge in [0.05, 0.1) is 19.8 Å². The molecule has 0 amide bonds. The Bertz CT molecular complexity index is 1450. The highest BCUT2D eigenvalue weighted by Gasteiger charge is 2.28. The van der Waals surface area contributed by atoms with E-state index in [4.69, 9.17) is 23.3 Å². The van der Waals surface area contributed by atoms with Gasteiger partial charge in [-0.2, -0.15) is 0 Å². The largest absolute Gasteiger partial charge is 0.472 e. The van der Waals surface area contributed by atoms with Gasteiger partial charge in [-0.3, -0.25) is 23.4 Å². The number of carbonyl (C=O) groups excluding carboxylic acids is 3. The van der Waals surface area contributed by atoms with Crippen molar-refractivity contribution in [3.8, 4) is 0 Å². The molecule has 11 nitrogen and oxygen atoms in total. The lowest BCUT2D eigenvalue weighted by molar-refractivity contribution is -0.161. The Hall–Kier alpha value is -3.08. The molecule has 0 spiro atoms. The summed E-state index contributed by atoms with van der Waals surface area (Å²) in [5.74, 6) is -1.54. The van der Waals surface area contributed by atoms with Crippen LogP contribution < -0.4 is 0 Å². The maximum absolute atomic E-state index is 12.9. The molecule has 3 atom stereocenters. The van der Waals surface area contributed by atoms with E-state index >= 15 is 0 Å². The minimum atomic E-state index is -4.76. The predicted octanol–water partition coefficient (Wildman–Crippen LogP) is 16.1. The quantitative estimate of drug-likeness (QED) is 0.0197.